The van der Waals surface area contributed by atoms with Gasteiger partial charge in [0.1, 0.15) is 5.69 Å². The molecule has 21 heavy (non-hydrogen) atoms. The van der Waals surface area contributed by atoms with Crippen molar-refractivity contribution in [1.29, 1.82) is 0 Å². The molecule has 0 bridgehead atoms. The van der Waals surface area contributed by atoms with Gasteiger partial charge in [0.2, 0.25) is 5.82 Å². The molecule has 0 aliphatic carbocycles. The van der Waals surface area contributed by atoms with Gasteiger partial charge in [0.15, 0.2) is 0 Å². The summed E-state index contributed by atoms with van der Waals surface area (Å²) in [7, 11) is 3.89. The van der Waals surface area contributed by atoms with Gasteiger partial charge in [0.05, 0.1) is 4.92 Å². The van der Waals surface area contributed by atoms with Crippen molar-refractivity contribution in [2.75, 3.05) is 32.0 Å². The summed E-state index contributed by atoms with van der Waals surface area (Å²) in [5.74, 6) is 1.07. The number of hydrogen-bond acceptors (Lipinski definition) is 5. The zero-order valence-corrected chi connectivity index (χ0v) is 13.1. The molecule has 0 saturated carbocycles. The van der Waals surface area contributed by atoms with E-state index in [4.69, 9.17) is 0 Å². The second-order valence-electron chi connectivity index (χ2n) is 5.93. The molecule has 1 unspecified atom stereocenters. The van der Waals surface area contributed by atoms with E-state index in [0.29, 0.717) is 23.9 Å². The van der Waals surface area contributed by atoms with Gasteiger partial charge in [-0.2, -0.15) is 5.10 Å². The molecule has 0 amide bonds. The Bertz CT molecular complexity index is 500. The van der Waals surface area contributed by atoms with Crippen LogP contribution >= 0.6 is 0 Å². The molecule has 0 aromatic carbocycles. The molecule has 1 aliphatic heterocycles. The molecule has 1 aromatic rings. The highest BCUT2D eigenvalue weighted by Crippen LogP contribution is 2.29. The number of nitro groups is 1. The van der Waals surface area contributed by atoms with Crippen LogP contribution in [0.4, 0.5) is 11.5 Å². The zero-order chi connectivity index (χ0) is 15.4. The maximum Gasteiger partial charge on any atom is 0.333 e. The Morgan fingerprint density at radius 2 is 2.24 bits per heavy atom. The largest absolute Gasteiger partial charge is 0.364 e. The van der Waals surface area contributed by atoms with Gasteiger partial charge in [-0.05, 0) is 38.8 Å². The Kier molecular flexibility index (Phi) is 5.17. The molecule has 0 spiro atoms. The minimum absolute atomic E-state index is 0.142. The number of aryl methyl sites for hydroxylation is 2. The van der Waals surface area contributed by atoms with Gasteiger partial charge in [0.25, 0.3) is 0 Å². The van der Waals surface area contributed by atoms with E-state index >= 15 is 0 Å². The maximum atomic E-state index is 11.3. The molecule has 1 atom stereocenters. The van der Waals surface area contributed by atoms with E-state index in [0.717, 1.165) is 26.1 Å². The normalized spacial score (nSPS) is 19.7. The Morgan fingerprint density at radius 1 is 1.48 bits per heavy atom. The van der Waals surface area contributed by atoms with E-state index in [1.165, 1.54) is 12.8 Å². The van der Waals surface area contributed by atoms with Gasteiger partial charge in [-0.1, -0.05) is 13.3 Å². The van der Waals surface area contributed by atoms with Crippen molar-refractivity contribution in [2.24, 2.45) is 13.0 Å². The standard InChI is InChI=1S/C14H25N5O2/c1-4-6-12-13(19(20)21)14(18(3)16-12)15-9-11-7-5-8-17(2)10-11/h11,15H,4-10H2,1-3H3. The molecule has 7 nitrogen and oxygen atoms in total. The molecular weight excluding hydrogens is 270 g/mol. The van der Waals surface area contributed by atoms with Crippen molar-refractivity contribution in [1.82, 2.24) is 14.7 Å². The van der Waals surface area contributed by atoms with Gasteiger partial charge < -0.3 is 10.2 Å². The van der Waals surface area contributed by atoms with Crippen LogP contribution in [-0.2, 0) is 13.5 Å². The summed E-state index contributed by atoms with van der Waals surface area (Å²) in [6.07, 6.45) is 3.85. The zero-order valence-electron chi connectivity index (χ0n) is 13.1. The fraction of sp³-hybridized carbons (Fsp3) is 0.786. The SMILES string of the molecule is CCCc1nn(C)c(NCC2CCCN(C)C2)c1[N+](=O)[O-]. The Balaban J connectivity index is 2.09. The van der Waals surface area contributed by atoms with E-state index in [9.17, 15) is 10.1 Å². The lowest BCUT2D eigenvalue weighted by atomic mass is 9.98. The third-order valence-corrected chi connectivity index (χ3v) is 4.04. The second kappa shape index (κ2) is 6.89. The van der Waals surface area contributed by atoms with Crippen molar-refractivity contribution in [3.8, 4) is 0 Å². The summed E-state index contributed by atoms with van der Waals surface area (Å²) >= 11 is 0. The van der Waals surface area contributed by atoms with Crippen LogP contribution in [0.1, 0.15) is 31.9 Å². The van der Waals surface area contributed by atoms with Crippen molar-refractivity contribution in [3.63, 3.8) is 0 Å². The molecule has 1 aromatic heterocycles. The Labute approximate surface area is 125 Å². The molecule has 1 aliphatic rings. The number of rotatable bonds is 6. The predicted molar refractivity (Wildman–Crippen MR) is 82.6 cm³/mol. The van der Waals surface area contributed by atoms with E-state index in [1.807, 2.05) is 6.92 Å². The highest BCUT2D eigenvalue weighted by atomic mass is 16.6. The number of nitrogens with one attached hydrogen (secondary N) is 1. The van der Waals surface area contributed by atoms with E-state index in [2.05, 4.69) is 22.4 Å². The number of piperidine rings is 1. The first-order valence-electron chi connectivity index (χ1n) is 7.65. The Morgan fingerprint density at radius 3 is 2.86 bits per heavy atom. The van der Waals surface area contributed by atoms with E-state index < -0.39 is 0 Å². The Hall–Kier alpha value is -1.63. The molecule has 1 saturated heterocycles. The van der Waals surface area contributed by atoms with Gasteiger partial charge in [0, 0.05) is 20.1 Å². The second-order valence-corrected chi connectivity index (χ2v) is 5.93. The van der Waals surface area contributed by atoms with Gasteiger partial charge >= 0.3 is 5.69 Å². The average Bonchev–Trinajstić information content (AvgIpc) is 2.73. The predicted octanol–water partition coefficient (Wildman–Crippen LogP) is 2.03. The van der Waals surface area contributed by atoms with Crippen LogP contribution in [-0.4, -0.2) is 46.3 Å². The van der Waals surface area contributed by atoms with E-state index in [1.54, 1.807) is 11.7 Å². The maximum absolute atomic E-state index is 11.3. The lowest BCUT2D eigenvalue weighted by Crippen LogP contribution is -2.35. The summed E-state index contributed by atoms with van der Waals surface area (Å²) in [4.78, 5) is 13.3. The lowest BCUT2D eigenvalue weighted by molar-refractivity contribution is -0.384. The van der Waals surface area contributed by atoms with Crippen LogP contribution < -0.4 is 5.32 Å². The van der Waals surface area contributed by atoms with Crippen LogP contribution in [0, 0.1) is 16.0 Å². The molecule has 7 heteroatoms. The highest BCUT2D eigenvalue weighted by Gasteiger charge is 2.27. The monoisotopic (exact) mass is 295 g/mol. The fourth-order valence-corrected chi connectivity index (χ4v) is 3.04. The highest BCUT2D eigenvalue weighted by molar-refractivity contribution is 5.59. The number of aromatic nitrogens is 2. The summed E-state index contributed by atoms with van der Waals surface area (Å²) in [5.41, 5.74) is 0.719. The first kappa shape index (κ1) is 15.8. The van der Waals surface area contributed by atoms with Crippen LogP contribution in [0.25, 0.3) is 0 Å². The number of anilines is 1. The minimum atomic E-state index is -0.312. The minimum Gasteiger partial charge on any atom is -0.364 e. The van der Waals surface area contributed by atoms with Crippen molar-refractivity contribution in [2.45, 2.75) is 32.6 Å². The lowest BCUT2D eigenvalue weighted by Gasteiger charge is -2.29. The number of hydrogen-bond donors (Lipinski definition) is 1. The van der Waals surface area contributed by atoms with Crippen molar-refractivity contribution in [3.05, 3.63) is 15.8 Å². The summed E-state index contributed by atoms with van der Waals surface area (Å²) < 4.78 is 1.61. The first-order chi connectivity index (χ1) is 10.0. The van der Waals surface area contributed by atoms with Crippen LogP contribution in [0.15, 0.2) is 0 Å². The van der Waals surface area contributed by atoms with E-state index in [-0.39, 0.29) is 10.6 Å². The summed E-state index contributed by atoms with van der Waals surface area (Å²) in [6.45, 7) is 4.95. The summed E-state index contributed by atoms with van der Waals surface area (Å²) in [6, 6.07) is 0. The molecule has 2 rings (SSSR count). The van der Waals surface area contributed by atoms with Crippen molar-refractivity contribution < 1.29 is 4.92 Å². The number of likely N-dealkylation sites (tertiary alicyclic amines) is 1. The molecular formula is C14H25N5O2. The van der Waals surface area contributed by atoms with Crippen LogP contribution in [0.2, 0.25) is 0 Å². The summed E-state index contributed by atoms with van der Waals surface area (Å²) in [5, 5.41) is 18.9. The number of nitrogens with zero attached hydrogens (tertiary/aromatic N) is 4. The average molecular weight is 295 g/mol. The molecule has 1 fully saturated rings. The van der Waals surface area contributed by atoms with Crippen molar-refractivity contribution >= 4 is 11.5 Å². The third-order valence-electron chi connectivity index (χ3n) is 4.04. The van der Waals surface area contributed by atoms with Crippen LogP contribution in [0.5, 0.6) is 0 Å². The van der Waals surface area contributed by atoms with Gasteiger partial charge in [-0.15, -0.1) is 0 Å². The fourth-order valence-electron chi connectivity index (χ4n) is 3.04. The third kappa shape index (κ3) is 3.72. The smallest absolute Gasteiger partial charge is 0.333 e. The molecule has 0 radical (unpaired) electrons. The quantitative estimate of drug-likeness (QED) is 0.642. The topological polar surface area (TPSA) is 76.2 Å². The first-order valence-corrected chi connectivity index (χ1v) is 7.65. The van der Waals surface area contributed by atoms with Gasteiger partial charge in [-0.25, -0.2) is 4.68 Å². The molecule has 118 valence electrons. The van der Waals surface area contributed by atoms with Crippen LogP contribution in [0.3, 0.4) is 0 Å². The molecule has 2 heterocycles. The molecule has 1 N–H and O–H groups in total. The van der Waals surface area contributed by atoms with Gasteiger partial charge in [-0.3, -0.25) is 10.1 Å².